The highest BCUT2D eigenvalue weighted by Gasteiger charge is 2.02. The number of carbonyl (C=O) groups excluding carboxylic acids is 1. The Labute approximate surface area is 92.6 Å². The maximum Gasteiger partial charge on any atom is 0.243 e. The summed E-state index contributed by atoms with van der Waals surface area (Å²) in [5.74, 6) is -0.0981. The number of unbranched alkanes of at least 4 members (excludes halogenated alkanes) is 2. The van der Waals surface area contributed by atoms with Crippen molar-refractivity contribution >= 4 is 18.5 Å². The zero-order chi connectivity index (χ0) is 10.8. The molecular weight excluding hydrogens is 194 g/mol. The Morgan fingerprint density at radius 3 is 2.79 bits per heavy atom. The van der Waals surface area contributed by atoms with Gasteiger partial charge in [-0.05, 0) is 18.9 Å². The molecule has 0 saturated carbocycles. The van der Waals surface area contributed by atoms with Crippen LogP contribution in [0.15, 0.2) is 12.7 Å². The number of hydrogen-bond donors (Lipinski definition) is 2. The van der Waals surface area contributed by atoms with E-state index in [9.17, 15) is 4.79 Å². The number of rotatable bonds is 8. The summed E-state index contributed by atoms with van der Waals surface area (Å²) in [6.07, 6.45) is 7.13. The van der Waals surface area contributed by atoms with Crippen LogP contribution in [0.1, 0.15) is 39.0 Å². The fourth-order valence-corrected chi connectivity index (χ4v) is 1.52. The van der Waals surface area contributed by atoms with Crippen molar-refractivity contribution < 1.29 is 4.79 Å². The SMILES string of the molecule is C=CC(=O)NCCC(S)CCCCC. The molecule has 0 bridgehead atoms. The quantitative estimate of drug-likeness (QED) is 0.364. The molecule has 0 aromatic rings. The molecule has 14 heavy (non-hydrogen) atoms. The molecule has 82 valence electrons. The molecule has 0 aliphatic rings. The van der Waals surface area contributed by atoms with Gasteiger partial charge in [-0.1, -0.05) is 32.8 Å². The van der Waals surface area contributed by atoms with E-state index in [0.717, 1.165) is 12.8 Å². The first kappa shape index (κ1) is 13.6. The van der Waals surface area contributed by atoms with Gasteiger partial charge in [0, 0.05) is 11.8 Å². The topological polar surface area (TPSA) is 29.1 Å². The monoisotopic (exact) mass is 215 g/mol. The molecular formula is C11H21NOS. The van der Waals surface area contributed by atoms with E-state index in [0.29, 0.717) is 11.8 Å². The van der Waals surface area contributed by atoms with Gasteiger partial charge < -0.3 is 5.32 Å². The molecule has 0 aromatic carbocycles. The van der Waals surface area contributed by atoms with E-state index in [1.807, 2.05) is 0 Å². The van der Waals surface area contributed by atoms with Crippen molar-refractivity contribution in [3.63, 3.8) is 0 Å². The lowest BCUT2D eigenvalue weighted by molar-refractivity contribution is -0.116. The maximum absolute atomic E-state index is 10.8. The van der Waals surface area contributed by atoms with Gasteiger partial charge in [-0.2, -0.15) is 12.6 Å². The fraction of sp³-hybridized carbons (Fsp3) is 0.727. The number of hydrogen-bond acceptors (Lipinski definition) is 2. The zero-order valence-electron chi connectivity index (χ0n) is 8.96. The van der Waals surface area contributed by atoms with Crippen molar-refractivity contribution in [2.24, 2.45) is 0 Å². The molecule has 0 rings (SSSR count). The number of amides is 1. The average Bonchev–Trinajstić information content (AvgIpc) is 2.18. The fourth-order valence-electron chi connectivity index (χ4n) is 1.21. The first-order valence-corrected chi connectivity index (χ1v) is 5.80. The van der Waals surface area contributed by atoms with Gasteiger partial charge in [0.05, 0.1) is 0 Å². The van der Waals surface area contributed by atoms with E-state index in [4.69, 9.17) is 0 Å². The minimum atomic E-state index is -0.0981. The summed E-state index contributed by atoms with van der Waals surface area (Å²) in [6.45, 7) is 6.28. The highest BCUT2D eigenvalue weighted by molar-refractivity contribution is 7.80. The summed E-state index contributed by atoms with van der Waals surface area (Å²) in [4.78, 5) is 10.8. The van der Waals surface area contributed by atoms with Crippen LogP contribution in [-0.4, -0.2) is 17.7 Å². The second-order valence-corrected chi connectivity index (χ2v) is 4.16. The minimum absolute atomic E-state index is 0.0981. The van der Waals surface area contributed by atoms with Crippen LogP contribution in [0.4, 0.5) is 0 Å². The molecule has 1 N–H and O–H groups in total. The summed E-state index contributed by atoms with van der Waals surface area (Å²) in [5, 5.41) is 3.16. The summed E-state index contributed by atoms with van der Waals surface area (Å²) in [5.41, 5.74) is 0. The van der Waals surface area contributed by atoms with Gasteiger partial charge in [0.2, 0.25) is 5.91 Å². The van der Waals surface area contributed by atoms with Crippen LogP contribution in [0.5, 0.6) is 0 Å². The third-order valence-electron chi connectivity index (χ3n) is 2.10. The predicted molar refractivity (Wildman–Crippen MR) is 64.7 cm³/mol. The van der Waals surface area contributed by atoms with Gasteiger partial charge in [0.15, 0.2) is 0 Å². The third-order valence-corrected chi connectivity index (χ3v) is 2.62. The summed E-state index contributed by atoms with van der Waals surface area (Å²) >= 11 is 4.46. The van der Waals surface area contributed by atoms with Crippen LogP contribution < -0.4 is 5.32 Å². The van der Waals surface area contributed by atoms with Crippen LogP contribution in [0.2, 0.25) is 0 Å². The summed E-state index contributed by atoms with van der Waals surface area (Å²) in [6, 6.07) is 0. The number of carbonyl (C=O) groups is 1. The van der Waals surface area contributed by atoms with Crippen LogP contribution in [0, 0.1) is 0 Å². The van der Waals surface area contributed by atoms with Gasteiger partial charge in [-0.15, -0.1) is 0 Å². The molecule has 0 fully saturated rings. The Balaban J connectivity index is 3.30. The molecule has 3 heteroatoms. The molecule has 0 heterocycles. The van der Waals surface area contributed by atoms with Crippen molar-refractivity contribution in [3.8, 4) is 0 Å². The highest BCUT2D eigenvalue weighted by Crippen LogP contribution is 2.11. The van der Waals surface area contributed by atoms with Crippen molar-refractivity contribution in [1.82, 2.24) is 5.32 Å². The molecule has 1 atom stereocenters. The Kier molecular flexibility index (Phi) is 8.84. The molecule has 0 aliphatic heterocycles. The minimum Gasteiger partial charge on any atom is -0.353 e. The normalized spacial score (nSPS) is 12.1. The lowest BCUT2D eigenvalue weighted by Gasteiger charge is -2.09. The standard InChI is InChI=1S/C11H21NOS/c1-3-5-6-7-10(14)8-9-12-11(13)4-2/h4,10,14H,2-3,5-9H2,1H3,(H,12,13). The van der Waals surface area contributed by atoms with Crippen LogP contribution in [0.25, 0.3) is 0 Å². The van der Waals surface area contributed by atoms with E-state index in [-0.39, 0.29) is 5.91 Å². The highest BCUT2D eigenvalue weighted by atomic mass is 32.1. The molecule has 0 aliphatic carbocycles. The molecule has 2 nitrogen and oxygen atoms in total. The molecule has 0 spiro atoms. The van der Waals surface area contributed by atoms with E-state index >= 15 is 0 Å². The summed E-state index contributed by atoms with van der Waals surface area (Å²) in [7, 11) is 0. The van der Waals surface area contributed by atoms with Crippen molar-refractivity contribution in [2.75, 3.05) is 6.54 Å². The lowest BCUT2D eigenvalue weighted by atomic mass is 10.1. The van der Waals surface area contributed by atoms with Crippen molar-refractivity contribution in [1.29, 1.82) is 0 Å². The van der Waals surface area contributed by atoms with Crippen LogP contribution in [-0.2, 0) is 4.79 Å². The maximum atomic E-state index is 10.8. The largest absolute Gasteiger partial charge is 0.353 e. The molecule has 1 amide bonds. The van der Waals surface area contributed by atoms with Crippen LogP contribution >= 0.6 is 12.6 Å². The van der Waals surface area contributed by atoms with Crippen molar-refractivity contribution in [3.05, 3.63) is 12.7 Å². The summed E-state index contributed by atoms with van der Waals surface area (Å²) < 4.78 is 0. The third kappa shape index (κ3) is 8.17. The second kappa shape index (κ2) is 9.13. The van der Waals surface area contributed by atoms with E-state index in [1.165, 1.54) is 25.3 Å². The van der Waals surface area contributed by atoms with Gasteiger partial charge in [0.1, 0.15) is 0 Å². The molecule has 0 saturated heterocycles. The predicted octanol–water partition coefficient (Wildman–Crippen LogP) is 2.56. The average molecular weight is 215 g/mol. The first-order chi connectivity index (χ1) is 6.70. The number of thiol groups is 1. The van der Waals surface area contributed by atoms with E-state index < -0.39 is 0 Å². The van der Waals surface area contributed by atoms with E-state index in [1.54, 1.807) is 0 Å². The zero-order valence-corrected chi connectivity index (χ0v) is 9.85. The Morgan fingerprint density at radius 1 is 1.50 bits per heavy atom. The van der Waals surface area contributed by atoms with Crippen molar-refractivity contribution in [2.45, 2.75) is 44.3 Å². The van der Waals surface area contributed by atoms with E-state index in [2.05, 4.69) is 31.4 Å². The number of nitrogens with one attached hydrogen (secondary N) is 1. The lowest BCUT2D eigenvalue weighted by Crippen LogP contribution is -2.23. The first-order valence-electron chi connectivity index (χ1n) is 5.29. The van der Waals surface area contributed by atoms with Gasteiger partial charge in [-0.3, -0.25) is 4.79 Å². The van der Waals surface area contributed by atoms with Gasteiger partial charge >= 0.3 is 0 Å². The Bertz CT molecular complexity index is 171. The van der Waals surface area contributed by atoms with Crippen LogP contribution in [0.3, 0.4) is 0 Å². The second-order valence-electron chi connectivity index (χ2n) is 3.43. The molecule has 0 aromatic heterocycles. The Morgan fingerprint density at radius 2 is 2.21 bits per heavy atom. The Hall–Kier alpha value is -0.440. The smallest absolute Gasteiger partial charge is 0.243 e. The molecule has 1 unspecified atom stereocenters. The van der Waals surface area contributed by atoms with Gasteiger partial charge in [-0.25, -0.2) is 0 Å². The van der Waals surface area contributed by atoms with Gasteiger partial charge in [0.25, 0.3) is 0 Å². The molecule has 0 radical (unpaired) electrons.